The number of benzene rings is 1. The Hall–Kier alpha value is -1.57. The highest BCUT2D eigenvalue weighted by atomic mass is 16.5. The molecule has 2 rings (SSSR count). The average Bonchev–Trinajstić information content (AvgIpc) is 2.64. The van der Waals surface area contributed by atoms with Crippen LogP contribution >= 0.6 is 0 Å². The van der Waals surface area contributed by atoms with Crippen molar-refractivity contribution >= 4 is 5.78 Å². The maximum absolute atomic E-state index is 11.5. The number of carbonyl (C=O) groups is 1. The molecule has 72 valence electrons. The fourth-order valence-electron chi connectivity index (χ4n) is 1.59. The van der Waals surface area contributed by atoms with Crippen LogP contribution in [0.3, 0.4) is 0 Å². The molecule has 0 N–H and O–H groups in total. The van der Waals surface area contributed by atoms with E-state index < -0.39 is 0 Å². The van der Waals surface area contributed by atoms with Crippen LogP contribution in [0.25, 0.3) is 0 Å². The lowest BCUT2D eigenvalue weighted by molar-refractivity contribution is 0.104. The SMILES string of the molecule is CC=CC(=O)c1ccc2c(c1)CCO2. The van der Waals surface area contributed by atoms with Crippen molar-refractivity contribution in [2.75, 3.05) is 6.61 Å². The minimum atomic E-state index is 0.0576. The molecule has 0 saturated heterocycles. The summed E-state index contributed by atoms with van der Waals surface area (Å²) in [6, 6.07) is 5.61. The van der Waals surface area contributed by atoms with Crippen LogP contribution in [0.2, 0.25) is 0 Å². The van der Waals surface area contributed by atoms with Crippen molar-refractivity contribution < 1.29 is 9.53 Å². The standard InChI is InChI=1S/C12H12O2/c1-2-3-11(13)9-4-5-12-10(8-9)6-7-14-12/h2-5,8H,6-7H2,1H3. The molecule has 1 aromatic carbocycles. The van der Waals surface area contributed by atoms with E-state index in [1.807, 2.05) is 25.1 Å². The van der Waals surface area contributed by atoms with Gasteiger partial charge >= 0.3 is 0 Å². The molecule has 0 unspecified atom stereocenters. The Morgan fingerprint density at radius 3 is 3.14 bits per heavy atom. The van der Waals surface area contributed by atoms with E-state index in [2.05, 4.69) is 0 Å². The number of rotatable bonds is 2. The number of carbonyl (C=O) groups excluding carboxylic acids is 1. The van der Waals surface area contributed by atoms with Crippen molar-refractivity contribution in [1.82, 2.24) is 0 Å². The van der Waals surface area contributed by atoms with Crippen molar-refractivity contribution in [2.45, 2.75) is 13.3 Å². The summed E-state index contributed by atoms with van der Waals surface area (Å²) in [5, 5.41) is 0. The van der Waals surface area contributed by atoms with E-state index in [0.717, 1.165) is 29.9 Å². The summed E-state index contributed by atoms with van der Waals surface area (Å²) >= 11 is 0. The zero-order chi connectivity index (χ0) is 9.97. The first-order valence-corrected chi connectivity index (χ1v) is 4.74. The molecule has 1 aliphatic heterocycles. The fourth-order valence-corrected chi connectivity index (χ4v) is 1.59. The molecule has 0 aliphatic carbocycles. The van der Waals surface area contributed by atoms with Gasteiger partial charge in [-0.05, 0) is 36.8 Å². The first-order valence-electron chi connectivity index (χ1n) is 4.74. The molecule has 0 bridgehead atoms. The topological polar surface area (TPSA) is 26.3 Å². The van der Waals surface area contributed by atoms with Crippen molar-refractivity contribution in [3.63, 3.8) is 0 Å². The molecular formula is C12H12O2. The normalized spacial score (nSPS) is 14.1. The van der Waals surface area contributed by atoms with Gasteiger partial charge in [0.15, 0.2) is 5.78 Å². The van der Waals surface area contributed by atoms with Crippen LogP contribution in [0.5, 0.6) is 5.75 Å². The molecule has 2 nitrogen and oxygen atoms in total. The molecule has 2 heteroatoms. The Kier molecular flexibility index (Phi) is 2.35. The molecule has 0 amide bonds. The third kappa shape index (κ3) is 1.55. The van der Waals surface area contributed by atoms with Crippen LogP contribution < -0.4 is 4.74 Å². The van der Waals surface area contributed by atoms with Crippen molar-refractivity contribution in [1.29, 1.82) is 0 Å². The molecule has 0 spiro atoms. The van der Waals surface area contributed by atoms with Gasteiger partial charge < -0.3 is 4.74 Å². The molecule has 0 radical (unpaired) electrons. The van der Waals surface area contributed by atoms with E-state index in [9.17, 15) is 4.79 Å². The molecule has 0 aromatic heterocycles. The fraction of sp³-hybridized carbons (Fsp3) is 0.250. The van der Waals surface area contributed by atoms with Crippen LogP contribution in [0, 0.1) is 0 Å². The van der Waals surface area contributed by atoms with Gasteiger partial charge in [0.1, 0.15) is 5.75 Å². The van der Waals surface area contributed by atoms with Gasteiger partial charge in [0.2, 0.25) is 0 Å². The Balaban J connectivity index is 2.33. The summed E-state index contributed by atoms with van der Waals surface area (Å²) in [4.78, 5) is 11.5. The maximum Gasteiger partial charge on any atom is 0.185 e. The summed E-state index contributed by atoms with van der Waals surface area (Å²) in [5.74, 6) is 0.976. The van der Waals surface area contributed by atoms with Crippen molar-refractivity contribution in [3.8, 4) is 5.75 Å². The summed E-state index contributed by atoms with van der Waals surface area (Å²) in [6.07, 6.45) is 4.25. The van der Waals surface area contributed by atoms with Crippen LogP contribution in [-0.2, 0) is 6.42 Å². The summed E-state index contributed by atoms with van der Waals surface area (Å²) in [6.45, 7) is 2.57. The maximum atomic E-state index is 11.5. The second-order valence-electron chi connectivity index (χ2n) is 3.29. The molecule has 1 aliphatic rings. The Morgan fingerprint density at radius 2 is 2.36 bits per heavy atom. The van der Waals surface area contributed by atoms with E-state index in [-0.39, 0.29) is 5.78 Å². The van der Waals surface area contributed by atoms with E-state index in [1.165, 1.54) is 0 Å². The number of hydrogen-bond donors (Lipinski definition) is 0. The molecular weight excluding hydrogens is 176 g/mol. The van der Waals surface area contributed by atoms with E-state index in [0.29, 0.717) is 0 Å². The Labute approximate surface area is 83.2 Å². The largest absolute Gasteiger partial charge is 0.493 e. The zero-order valence-electron chi connectivity index (χ0n) is 8.12. The van der Waals surface area contributed by atoms with Gasteiger partial charge in [0.05, 0.1) is 6.61 Å². The zero-order valence-corrected chi connectivity index (χ0v) is 8.12. The lowest BCUT2D eigenvalue weighted by atomic mass is 10.1. The van der Waals surface area contributed by atoms with Gasteiger partial charge in [-0.2, -0.15) is 0 Å². The van der Waals surface area contributed by atoms with E-state index >= 15 is 0 Å². The average molecular weight is 188 g/mol. The lowest BCUT2D eigenvalue weighted by Gasteiger charge is -2.00. The monoisotopic (exact) mass is 188 g/mol. The predicted molar refractivity (Wildman–Crippen MR) is 54.8 cm³/mol. The van der Waals surface area contributed by atoms with Gasteiger partial charge in [-0.1, -0.05) is 6.08 Å². The number of hydrogen-bond acceptors (Lipinski definition) is 2. The number of ether oxygens (including phenoxy) is 1. The number of fused-ring (bicyclic) bond motifs is 1. The third-order valence-electron chi connectivity index (χ3n) is 2.29. The van der Waals surface area contributed by atoms with Gasteiger partial charge in [-0.15, -0.1) is 0 Å². The highest BCUT2D eigenvalue weighted by Crippen LogP contribution is 2.25. The summed E-state index contributed by atoms with van der Waals surface area (Å²) in [7, 11) is 0. The predicted octanol–water partition coefficient (Wildman–Crippen LogP) is 2.38. The number of allylic oxidation sites excluding steroid dienone is 2. The molecule has 0 saturated carbocycles. The van der Waals surface area contributed by atoms with Gasteiger partial charge in [0.25, 0.3) is 0 Å². The molecule has 0 fully saturated rings. The van der Waals surface area contributed by atoms with Crippen molar-refractivity contribution in [3.05, 3.63) is 41.5 Å². The van der Waals surface area contributed by atoms with Crippen LogP contribution in [0.4, 0.5) is 0 Å². The summed E-state index contributed by atoms with van der Waals surface area (Å²) in [5.41, 5.74) is 1.88. The third-order valence-corrected chi connectivity index (χ3v) is 2.29. The second kappa shape index (κ2) is 3.66. The molecule has 14 heavy (non-hydrogen) atoms. The highest BCUT2D eigenvalue weighted by molar-refractivity contribution is 6.04. The Bertz CT molecular complexity index is 391. The quantitative estimate of drug-likeness (QED) is 0.526. The number of ketones is 1. The molecule has 1 heterocycles. The molecule has 1 aromatic rings. The van der Waals surface area contributed by atoms with E-state index in [1.54, 1.807) is 12.2 Å². The van der Waals surface area contributed by atoms with Crippen molar-refractivity contribution in [2.24, 2.45) is 0 Å². The van der Waals surface area contributed by atoms with Crippen LogP contribution in [0.1, 0.15) is 22.8 Å². The highest BCUT2D eigenvalue weighted by Gasteiger charge is 2.13. The summed E-state index contributed by atoms with van der Waals surface area (Å²) < 4.78 is 5.36. The van der Waals surface area contributed by atoms with Gasteiger partial charge in [0, 0.05) is 12.0 Å². The lowest BCUT2D eigenvalue weighted by Crippen LogP contribution is -1.94. The van der Waals surface area contributed by atoms with Crippen LogP contribution in [0.15, 0.2) is 30.4 Å². The minimum absolute atomic E-state index is 0.0576. The first-order chi connectivity index (χ1) is 6.81. The van der Waals surface area contributed by atoms with Crippen LogP contribution in [-0.4, -0.2) is 12.4 Å². The first kappa shape index (κ1) is 9.00. The second-order valence-corrected chi connectivity index (χ2v) is 3.29. The van der Waals surface area contributed by atoms with E-state index in [4.69, 9.17) is 4.74 Å². The minimum Gasteiger partial charge on any atom is -0.493 e. The van der Waals surface area contributed by atoms with Gasteiger partial charge in [-0.25, -0.2) is 0 Å². The smallest absolute Gasteiger partial charge is 0.185 e. The molecule has 0 atom stereocenters. The Morgan fingerprint density at radius 1 is 1.50 bits per heavy atom. The van der Waals surface area contributed by atoms with Gasteiger partial charge in [-0.3, -0.25) is 4.79 Å².